The number of anilines is 1. The molecule has 0 aliphatic carbocycles. The zero-order chi connectivity index (χ0) is 15.2. The molecule has 4 heteroatoms. The van der Waals surface area contributed by atoms with E-state index in [2.05, 4.69) is 58.2 Å². The smallest absolute Gasteiger partial charge is 0.0510 e. The van der Waals surface area contributed by atoms with Gasteiger partial charge in [-0.3, -0.25) is 0 Å². The largest absolute Gasteiger partial charge is 0.396 e. The predicted octanol–water partition coefficient (Wildman–Crippen LogP) is 3.72. The molecule has 0 radical (unpaired) electrons. The van der Waals surface area contributed by atoms with Crippen LogP contribution in [0.15, 0.2) is 22.7 Å². The van der Waals surface area contributed by atoms with Crippen LogP contribution in [0.1, 0.15) is 44.7 Å². The fourth-order valence-corrected chi connectivity index (χ4v) is 3.82. The molecule has 1 saturated heterocycles. The molecule has 21 heavy (non-hydrogen) atoms. The topological polar surface area (TPSA) is 35.5 Å². The van der Waals surface area contributed by atoms with Crippen molar-refractivity contribution in [1.29, 1.82) is 0 Å². The summed E-state index contributed by atoms with van der Waals surface area (Å²) in [5.74, 6) is 0.621. The molecule has 2 unspecified atom stereocenters. The van der Waals surface area contributed by atoms with Gasteiger partial charge in [0, 0.05) is 30.2 Å². The van der Waals surface area contributed by atoms with E-state index in [0.717, 1.165) is 26.1 Å². The van der Waals surface area contributed by atoms with E-state index in [0.29, 0.717) is 18.6 Å². The maximum absolute atomic E-state index is 9.14. The third-order valence-electron chi connectivity index (χ3n) is 4.38. The van der Waals surface area contributed by atoms with Crippen molar-refractivity contribution < 1.29 is 5.11 Å². The second kappa shape index (κ2) is 8.16. The number of nitrogens with one attached hydrogen (secondary N) is 1. The monoisotopic (exact) mass is 354 g/mol. The average molecular weight is 355 g/mol. The van der Waals surface area contributed by atoms with Crippen LogP contribution < -0.4 is 10.2 Å². The van der Waals surface area contributed by atoms with Gasteiger partial charge in [0.15, 0.2) is 0 Å². The Balaban J connectivity index is 2.09. The summed E-state index contributed by atoms with van der Waals surface area (Å²) in [4.78, 5) is 2.45. The molecule has 1 aromatic carbocycles. The molecule has 1 aromatic rings. The highest BCUT2D eigenvalue weighted by Gasteiger charge is 2.21. The molecule has 0 saturated carbocycles. The molecule has 1 heterocycles. The minimum atomic E-state index is 0.304. The molecule has 1 fully saturated rings. The van der Waals surface area contributed by atoms with Gasteiger partial charge in [-0.1, -0.05) is 13.0 Å². The number of hydrogen-bond acceptors (Lipinski definition) is 3. The van der Waals surface area contributed by atoms with Crippen LogP contribution in [-0.4, -0.2) is 31.3 Å². The van der Waals surface area contributed by atoms with Crippen LogP contribution in [0.4, 0.5) is 5.69 Å². The van der Waals surface area contributed by atoms with Crippen LogP contribution in [0.25, 0.3) is 0 Å². The Hall–Kier alpha value is -0.580. The number of hydrogen-bond donors (Lipinski definition) is 2. The van der Waals surface area contributed by atoms with E-state index in [1.54, 1.807) is 0 Å². The third kappa shape index (κ3) is 4.44. The van der Waals surface area contributed by atoms with Gasteiger partial charge < -0.3 is 15.3 Å². The quantitative estimate of drug-likeness (QED) is 0.817. The zero-order valence-electron chi connectivity index (χ0n) is 13.1. The molecule has 3 nitrogen and oxygen atoms in total. The molecule has 0 aromatic heterocycles. The van der Waals surface area contributed by atoms with Crippen molar-refractivity contribution in [2.45, 2.75) is 39.2 Å². The number of aliphatic hydroxyl groups is 1. The van der Waals surface area contributed by atoms with Gasteiger partial charge in [-0.25, -0.2) is 0 Å². The summed E-state index contributed by atoms with van der Waals surface area (Å²) < 4.78 is 1.18. The van der Waals surface area contributed by atoms with E-state index in [9.17, 15) is 0 Å². The molecule has 0 amide bonds. The fourth-order valence-electron chi connectivity index (χ4n) is 3.18. The molecule has 2 rings (SSSR count). The first-order valence-electron chi connectivity index (χ1n) is 8.04. The molecular weight excluding hydrogens is 328 g/mol. The van der Waals surface area contributed by atoms with E-state index in [4.69, 9.17) is 5.11 Å². The number of halogens is 1. The van der Waals surface area contributed by atoms with Gasteiger partial charge in [0.05, 0.1) is 5.69 Å². The van der Waals surface area contributed by atoms with Crippen LogP contribution in [0, 0.1) is 5.92 Å². The molecule has 1 aliphatic rings. The van der Waals surface area contributed by atoms with E-state index < -0.39 is 0 Å². The number of piperidine rings is 1. The highest BCUT2D eigenvalue weighted by atomic mass is 79.9. The molecule has 1 aliphatic heterocycles. The Morgan fingerprint density at radius 3 is 2.95 bits per heavy atom. The van der Waals surface area contributed by atoms with Crippen molar-refractivity contribution in [3.63, 3.8) is 0 Å². The Bertz CT molecular complexity index is 450. The van der Waals surface area contributed by atoms with Crippen molar-refractivity contribution in [2.75, 3.05) is 31.1 Å². The van der Waals surface area contributed by atoms with Crippen LogP contribution in [-0.2, 0) is 0 Å². The van der Waals surface area contributed by atoms with E-state index in [-0.39, 0.29) is 0 Å². The number of aliphatic hydroxyl groups excluding tert-OH is 1. The predicted molar refractivity (Wildman–Crippen MR) is 92.9 cm³/mol. The van der Waals surface area contributed by atoms with Crippen molar-refractivity contribution in [2.24, 2.45) is 5.92 Å². The van der Waals surface area contributed by atoms with Crippen LogP contribution in [0.5, 0.6) is 0 Å². The van der Waals surface area contributed by atoms with Crippen LogP contribution in [0.2, 0.25) is 0 Å². The maximum Gasteiger partial charge on any atom is 0.0510 e. The van der Waals surface area contributed by atoms with Gasteiger partial charge in [0.2, 0.25) is 0 Å². The Morgan fingerprint density at radius 1 is 1.48 bits per heavy atom. The van der Waals surface area contributed by atoms with Gasteiger partial charge in [0.25, 0.3) is 0 Å². The number of rotatable bonds is 6. The van der Waals surface area contributed by atoms with E-state index in [1.165, 1.54) is 28.6 Å². The van der Waals surface area contributed by atoms with Crippen LogP contribution in [0.3, 0.4) is 0 Å². The summed E-state index contributed by atoms with van der Waals surface area (Å²) in [5, 5.41) is 12.6. The highest BCUT2D eigenvalue weighted by molar-refractivity contribution is 9.10. The van der Waals surface area contributed by atoms with Crippen LogP contribution >= 0.6 is 15.9 Å². The summed E-state index contributed by atoms with van der Waals surface area (Å²) in [6.45, 7) is 7.79. The van der Waals surface area contributed by atoms with Gasteiger partial charge in [0.1, 0.15) is 0 Å². The SMILES string of the molecule is CCNC(C)c1ccc(N2CCCC(CCO)C2)c(Br)c1. The fraction of sp³-hybridized carbons (Fsp3) is 0.647. The minimum Gasteiger partial charge on any atom is -0.396 e. The van der Waals surface area contributed by atoms with E-state index >= 15 is 0 Å². The van der Waals surface area contributed by atoms with Crippen molar-refractivity contribution in [3.8, 4) is 0 Å². The lowest BCUT2D eigenvalue weighted by molar-refractivity contribution is 0.244. The van der Waals surface area contributed by atoms with Gasteiger partial charge in [-0.05, 0) is 72.3 Å². The first-order valence-corrected chi connectivity index (χ1v) is 8.83. The average Bonchev–Trinajstić information content (AvgIpc) is 2.48. The Labute approximate surface area is 136 Å². The third-order valence-corrected chi connectivity index (χ3v) is 5.01. The second-order valence-corrected chi connectivity index (χ2v) is 6.81. The summed E-state index contributed by atoms with van der Waals surface area (Å²) in [5.41, 5.74) is 2.60. The lowest BCUT2D eigenvalue weighted by Crippen LogP contribution is -2.36. The van der Waals surface area contributed by atoms with Crippen molar-refractivity contribution >= 4 is 21.6 Å². The lowest BCUT2D eigenvalue weighted by Gasteiger charge is -2.35. The van der Waals surface area contributed by atoms with Gasteiger partial charge in [-0.2, -0.15) is 0 Å². The van der Waals surface area contributed by atoms with Gasteiger partial charge in [-0.15, -0.1) is 0 Å². The molecule has 2 N–H and O–H groups in total. The Morgan fingerprint density at radius 2 is 2.29 bits per heavy atom. The number of nitrogens with zero attached hydrogens (tertiary/aromatic N) is 1. The first-order chi connectivity index (χ1) is 10.2. The number of benzene rings is 1. The summed E-state index contributed by atoms with van der Waals surface area (Å²) >= 11 is 3.74. The summed E-state index contributed by atoms with van der Waals surface area (Å²) in [6, 6.07) is 7.07. The lowest BCUT2D eigenvalue weighted by atomic mass is 9.94. The van der Waals surface area contributed by atoms with E-state index in [1.807, 2.05) is 0 Å². The molecule has 0 spiro atoms. The normalized spacial score (nSPS) is 20.6. The Kier molecular flexibility index (Phi) is 6.52. The van der Waals surface area contributed by atoms with Crippen molar-refractivity contribution in [3.05, 3.63) is 28.2 Å². The summed E-state index contributed by atoms with van der Waals surface area (Å²) in [6.07, 6.45) is 3.38. The first kappa shape index (κ1) is 16.8. The minimum absolute atomic E-state index is 0.304. The zero-order valence-corrected chi connectivity index (χ0v) is 14.7. The molecule has 2 atom stereocenters. The van der Waals surface area contributed by atoms with Gasteiger partial charge >= 0.3 is 0 Å². The van der Waals surface area contributed by atoms with Crippen molar-refractivity contribution in [1.82, 2.24) is 5.32 Å². The second-order valence-electron chi connectivity index (χ2n) is 5.96. The molecule has 0 bridgehead atoms. The summed E-state index contributed by atoms with van der Waals surface area (Å²) in [7, 11) is 0. The molecule has 118 valence electrons. The standard InChI is InChI=1S/C17H27BrN2O/c1-3-19-13(2)15-6-7-17(16(18)11-15)20-9-4-5-14(12-20)8-10-21/h6-7,11,13-14,19,21H,3-5,8-10,12H2,1-2H3. The maximum atomic E-state index is 9.14. The molecular formula is C17H27BrN2O. The highest BCUT2D eigenvalue weighted by Crippen LogP contribution is 2.32.